The van der Waals surface area contributed by atoms with E-state index in [4.69, 9.17) is 23.2 Å². The van der Waals surface area contributed by atoms with Crippen LogP contribution in [-0.4, -0.2) is 88.9 Å². The van der Waals surface area contributed by atoms with Crippen LogP contribution < -0.4 is 21.3 Å². The molecule has 1 unspecified atom stereocenters. The van der Waals surface area contributed by atoms with Gasteiger partial charge in [0.2, 0.25) is 23.6 Å². The number of piperidine rings is 2. The number of hydrogen-bond donors (Lipinski definition) is 4. The second-order valence-electron chi connectivity index (χ2n) is 22.2. The maximum atomic E-state index is 16.5. The number of fused-ring (bicyclic) bond motifs is 7. The molecule has 12 nitrogen and oxygen atoms in total. The Morgan fingerprint density at radius 3 is 2.33 bits per heavy atom. The molecule has 3 aromatic carbocycles. The molecule has 15 heteroatoms. The number of carbonyl (C=O) groups excluding carboxylic acids is 6. The van der Waals surface area contributed by atoms with Crippen molar-refractivity contribution in [2.24, 2.45) is 16.7 Å². The average Bonchev–Trinajstić information content (AvgIpc) is 3.96. The third kappa shape index (κ3) is 7.91. The first kappa shape index (κ1) is 47.6. The summed E-state index contributed by atoms with van der Waals surface area (Å²) in [6.07, 6.45) is 13.3. The minimum Gasteiger partial charge on any atom is -0.356 e. The molecular weight excluding hydrogens is 931 g/mol. The van der Waals surface area contributed by atoms with E-state index in [1.807, 2.05) is 18.2 Å². The number of rotatable bonds is 12. The van der Waals surface area contributed by atoms with E-state index in [0.29, 0.717) is 61.0 Å². The number of anilines is 1. The van der Waals surface area contributed by atoms with Crippen LogP contribution in [0, 0.1) is 22.6 Å². The van der Waals surface area contributed by atoms with Gasteiger partial charge >= 0.3 is 0 Å². The van der Waals surface area contributed by atoms with Gasteiger partial charge in [-0.25, -0.2) is 4.39 Å². The average molecular weight is 994 g/mol. The fourth-order valence-electron chi connectivity index (χ4n) is 14.9. The Bertz CT molecular complexity index is 2640. The van der Waals surface area contributed by atoms with Gasteiger partial charge in [0, 0.05) is 59.1 Å². The summed E-state index contributed by atoms with van der Waals surface area (Å²) in [6, 6.07) is 14.8. The van der Waals surface area contributed by atoms with Gasteiger partial charge in [-0.3, -0.25) is 39.4 Å². The lowest BCUT2D eigenvalue weighted by molar-refractivity contribution is -0.142. The summed E-state index contributed by atoms with van der Waals surface area (Å²) in [4.78, 5) is 85.8. The minimum absolute atomic E-state index is 0.0114. The van der Waals surface area contributed by atoms with Gasteiger partial charge in [0.15, 0.2) is 5.78 Å². The molecule has 9 aliphatic rings. The van der Waals surface area contributed by atoms with Crippen molar-refractivity contribution in [3.05, 3.63) is 98.3 Å². The highest BCUT2D eigenvalue weighted by molar-refractivity contribution is 6.31. The van der Waals surface area contributed by atoms with Crippen molar-refractivity contribution in [1.82, 2.24) is 25.8 Å². The number of carbonyl (C=O) groups is 6. The van der Waals surface area contributed by atoms with E-state index >= 15 is 9.18 Å². The molecule has 4 saturated carbocycles. The van der Waals surface area contributed by atoms with Crippen molar-refractivity contribution in [2.75, 3.05) is 31.5 Å². The predicted molar refractivity (Wildman–Crippen MR) is 264 cm³/mol. The van der Waals surface area contributed by atoms with Crippen LogP contribution in [0.5, 0.6) is 0 Å². The Labute approximate surface area is 418 Å². The molecule has 4 atom stereocenters. The third-order valence-corrected chi connectivity index (χ3v) is 19.2. The third-order valence-electron chi connectivity index (χ3n) is 18.6. The zero-order valence-corrected chi connectivity index (χ0v) is 41.3. The van der Waals surface area contributed by atoms with Crippen molar-refractivity contribution in [3.63, 3.8) is 0 Å². The molecule has 5 heterocycles. The lowest BCUT2D eigenvalue weighted by Crippen LogP contribution is -2.60. The highest BCUT2D eigenvalue weighted by Crippen LogP contribution is 2.64. The number of Topliss-reactive ketones (excluding diaryl/α,β-unsaturated/α-hetero) is 1. The highest BCUT2D eigenvalue weighted by atomic mass is 35.5. The summed E-state index contributed by atoms with van der Waals surface area (Å²) in [5.41, 5.74) is 1.70. The molecule has 3 aromatic rings. The maximum Gasteiger partial charge on any atom is 0.255 e. The number of imide groups is 1. The largest absolute Gasteiger partial charge is 0.356 e. The lowest BCUT2D eigenvalue weighted by atomic mass is 9.51. The van der Waals surface area contributed by atoms with Crippen LogP contribution in [0.4, 0.5) is 10.1 Å². The second-order valence-corrected chi connectivity index (χ2v) is 23.0. The standard InChI is InChI=1S/C55H63Cl2FN6O6/c56-35-11-12-39-41(30-35)60-51(70)55(39)45(37-9-5-10-40(57)46(37)58)47(62-54(55)17-2-1-3-18-54)43(65)31-52-19-22-53(23-20-52,24-21-52)50(69)59-25-6-26-63-27-15-33(16-28-63)29-34-7-4-8-36-38(34)32-64(49(36)68)42-13-14-44(66)61-48(42)67/h4-5,7-12,30,33,42,45,47,62H,1-3,6,13-29,31-32H2,(H,59,69)(H,60,70)(H,61,66,67)/t42?,45-,47-,52?,53?,55+/m0/s1. The summed E-state index contributed by atoms with van der Waals surface area (Å²) in [7, 11) is 0. The fourth-order valence-corrected chi connectivity index (χ4v) is 15.2. The van der Waals surface area contributed by atoms with Gasteiger partial charge in [-0.2, -0.15) is 0 Å². The fraction of sp³-hybridized carbons (Fsp3) is 0.564. The molecule has 4 aliphatic carbocycles. The molecule has 0 aromatic heterocycles. The number of ketones is 1. The van der Waals surface area contributed by atoms with Crippen molar-refractivity contribution in [1.29, 1.82) is 0 Å². The number of halogens is 3. The van der Waals surface area contributed by atoms with Crippen LogP contribution in [0.2, 0.25) is 10.0 Å². The Kier molecular flexibility index (Phi) is 12.5. The van der Waals surface area contributed by atoms with Gasteiger partial charge in [0.05, 0.1) is 11.1 Å². The maximum absolute atomic E-state index is 16.5. The van der Waals surface area contributed by atoms with E-state index in [1.165, 1.54) is 11.6 Å². The Balaban J connectivity index is 0.690. The smallest absolute Gasteiger partial charge is 0.255 e. The van der Waals surface area contributed by atoms with Gasteiger partial charge in [0.1, 0.15) is 17.3 Å². The summed E-state index contributed by atoms with van der Waals surface area (Å²) >= 11 is 13.0. The number of amides is 5. The lowest BCUT2D eigenvalue weighted by Gasteiger charge is -2.52. The number of benzene rings is 3. The van der Waals surface area contributed by atoms with Gasteiger partial charge in [-0.15, -0.1) is 0 Å². The van der Waals surface area contributed by atoms with Crippen molar-refractivity contribution in [2.45, 2.75) is 151 Å². The van der Waals surface area contributed by atoms with Crippen LogP contribution in [0.3, 0.4) is 0 Å². The Hall–Kier alpha value is -4.69. The molecule has 2 spiro atoms. The number of nitrogens with one attached hydrogen (secondary N) is 4. The monoisotopic (exact) mass is 992 g/mol. The van der Waals surface area contributed by atoms with Gasteiger partial charge < -0.3 is 20.4 Å². The summed E-state index contributed by atoms with van der Waals surface area (Å²) < 4.78 is 16.5. The topological polar surface area (TPSA) is 157 Å². The molecule has 4 N–H and O–H groups in total. The summed E-state index contributed by atoms with van der Waals surface area (Å²) in [5, 5.41) is 13.1. The normalized spacial score (nSPS) is 30.4. The molecule has 3 saturated heterocycles. The van der Waals surface area contributed by atoms with Crippen LogP contribution in [0.1, 0.15) is 148 Å². The van der Waals surface area contributed by atoms with Gasteiger partial charge in [-0.1, -0.05) is 72.8 Å². The van der Waals surface area contributed by atoms with Crippen molar-refractivity contribution in [3.8, 4) is 0 Å². The van der Waals surface area contributed by atoms with Crippen LogP contribution in [0.15, 0.2) is 54.6 Å². The highest BCUT2D eigenvalue weighted by Gasteiger charge is 2.72. The summed E-state index contributed by atoms with van der Waals surface area (Å²) in [6.45, 7) is 3.86. The Morgan fingerprint density at radius 1 is 0.843 bits per heavy atom. The first-order valence-electron chi connectivity index (χ1n) is 25.9. The van der Waals surface area contributed by atoms with Crippen LogP contribution in [-0.2, 0) is 42.4 Å². The molecule has 12 rings (SSSR count). The zero-order chi connectivity index (χ0) is 48.6. The van der Waals surface area contributed by atoms with E-state index in [9.17, 15) is 24.0 Å². The number of hydrogen-bond acceptors (Lipinski definition) is 8. The molecular formula is C55H63Cl2FN6O6. The SMILES string of the molecule is O=C1CCC(N2Cc3c(CC4CCN(CCCNC(=O)C56CCC(CC(=O)[C@@H]7NC8(CCCCC8)[C@@]8(C(=O)Nc9cc(Cl)ccc98)[C@H]7c7cccc(Cl)c7F)(CC5)CC6)CC4)cccc3C2=O)C(=O)N1. The Morgan fingerprint density at radius 2 is 1.59 bits per heavy atom. The molecule has 5 amide bonds. The minimum atomic E-state index is -1.27. The van der Waals surface area contributed by atoms with Gasteiger partial charge in [-0.05, 0) is 161 Å². The molecule has 7 fully saturated rings. The predicted octanol–water partition coefficient (Wildman–Crippen LogP) is 8.30. The van der Waals surface area contributed by atoms with Crippen molar-refractivity contribution >= 4 is 64.2 Å². The molecule has 370 valence electrons. The van der Waals surface area contributed by atoms with Crippen molar-refractivity contribution < 1.29 is 33.2 Å². The van der Waals surface area contributed by atoms with Gasteiger partial charge in [0.25, 0.3) is 5.91 Å². The van der Waals surface area contributed by atoms with E-state index in [2.05, 4.69) is 32.2 Å². The molecule has 5 aliphatic heterocycles. The van der Waals surface area contributed by atoms with E-state index in [0.717, 1.165) is 114 Å². The summed E-state index contributed by atoms with van der Waals surface area (Å²) in [5.74, 6) is -1.90. The quantitative estimate of drug-likeness (QED) is 0.104. The first-order valence-corrected chi connectivity index (χ1v) is 26.6. The number of nitrogens with zero attached hydrogens (tertiary/aromatic N) is 2. The van der Waals surface area contributed by atoms with Crippen LogP contribution in [0.25, 0.3) is 0 Å². The second kappa shape index (κ2) is 18.4. The molecule has 0 radical (unpaired) electrons. The van der Waals surface area contributed by atoms with E-state index in [1.54, 1.807) is 29.2 Å². The van der Waals surface area contributed by atoms with E-state index < -0.39 is 46.1 Å². The first-order chi connectivity index (χ1) is 33.8. The number of likely N-dealkylation sites (tertiary alicyclic amines) is 1. The van der Waals surface area contributed by atoms with Crippen LogP contribution >= 0.6 is 23.2 Å². The zero-order valence-electron chi connectivity index (χ0n) is 39.7. The van der Waals surface area contributed by atoms with E-state index in [-0.39, 0.29) is 51.8 Å². The molecule has 2 bridgehead atoms. The molecule has 70 heavy (non-hydrogen) atoms.